The number of anilines is 2. The van der Waals surface area contributed by atoms with Crippen LogP contribution in [0.2, 0.25) is 5.02 Å². The van der Waals surface area contributed by atoms with Crippen LogP contribution in [0, 0.1) is 6.92 Å². The van der Waals surface area contributed by atoms with Crippen LogP contribution in [0.1, 0.15) is 18.2 Å². The summed E-state index contributed by atoms with van der Waals surface area (Å²) in [5.74, 6) is -0.140. The van der Waals surface area contributed by atoms with E-state index in [0.29, 0.717) is 17.3 Å². The topological polar surface area (TPSA) is 59.0 Å². The predicted octanol–water partition coefficient (Wildman–Crippen LogP) is 2.95. The Morgan fingerprint density at radius 3 is 2.75 bits per heavy atom. The molecule has 1 heterocycles. The van der Waals surface area contributed by atoms with Crippen LogP contribution < -0.4 is 10.6 Å². The van der Waals surface area contributed by atoms with Crippen LogP contribution in [0.3, 0.4) is 0 Å². The molecule has 1 amide bonds. The van der Waals surface area contributed by atoms with Crippen LogP contribution >= 0.6 is 11.6 Å². The van der Waals surface area contributed by atoms with Gasteiger partial charge in [0.1, 0.15) is 0 Å². The fourth-order valence-corrected chi connectivity index (χ4v) is 2.06. The number of aromatic nitrogens is 2. The van der Waals surface area contributed by atoms with Gasteiger partial charge >= 0.3 is 0 Å². The normalized spacial score (nSPS) is 10.4. The molecule has 0 fully saturated rings. The van der Waals surface area contributed by atoms with Crippen molar-refractivity contribution in [2.75, 3.05) is 10.6 Å². The first-order valence-corrected chi connectivity index (χ1v) is 6.63. The molecule has 2 aromatic rings. The van der Waals surface area contributed by atoms with Gasteiger partial charge in [-0.3, -0.25) is 9.48 Å². The summed E-state index contributed by atoms with van der Waals surface area (Å²) in [6.07, 6.45) is 1.84. The van der Waals surface area contributed by atoms with E-state index in [9.17, 15) is 4.79 Å². The first-order chi connectivity index (χ1) is 9.47. The number of carbonyl (C=O) groups is 1. The molecule has 0 bridgehead atoms. The Bertz CT molecular complexity index is 636. The molecule has 0 radical (unpaired) electrons. The second kappa shape index (κ2) is 5.96. The highest BCUT2D eigenvalue weighted by molar-refractivity contribution is 6.34. The molecular formula is C14H17ClN4O. The number of nitrogens with zero attached hydrogens (tertiary/aromatic N) is 2. The van der Waals surface area contributed by atoms with E-state index in [-0.39, 0.29) is 5.91 Å². The molecule has 6 heteroatoms. The molecular weight excluding hydrogens is 276 g/mol. The van der Waals surface area contributed by atoms with Crippen molar-refractivity contribution in [1.29, 1.82) is 0 Å². The summed E-state index contributed by atoms with van der Waals surface area (Å²) in [7, 11) is 1.91. The van der Waals surface area contributed by atoms with Gasteiger partial charge < -0.3 is 10.6 Å². The van der Waals surface area contributed by atoms with Crippen LogP contribution in [0.25, 0.3) is 0 Å². The second-order valence-corrected chi connectivity index (χ2v) is 5.02. The monoisotopic (exact) mass is 292 g/mol. The van der Waals surface area contributed by atoms with Gasteiger partial charge in [-0.2, -0.15) is 5.10 Å². The van der Waals surface area contributed by atoms with E-state index >= 15 is 0 Å². The van der Waals surface area contributed by atoms with Gasteiger partial charge in [-0.05, 0) is 25.1 Å². The van der Waals surface area contributed by atoms with E-state index in [4.69, 9.17) is 11.6 Å². The standard InChI is InChI=1S/C14H17ClN4O/c1-9-11(8-17-19(9)3)7-16-12-4-5-14(13(15)6-12)18-10(2)20/h4-6,8,16H,7H2,1-3H3,(H,18,20). The molecule has 1 aromatic carbocycles. The summed E-state index contributed by atoms with van der Waals surface area (Å²) in [6, 6.07) is 5.45. The van der Waals surface area contributed by atoms with Gasteiger partial charge in [-0.1, -0.05) is 11.6 Å². The Labute approximate surface area is 122 Å². The van der Waals surface area contributed by atoms with Gasteiger partial charge in [-0.15, -0.1) is 0 Å². The average Bonchev–Trinajstić information content (AvgIpc) is 2.70. The SMILES string of the molecule is CC(=O)Nc1ccc(NCc2cnn(C)c2C)cc1Cl. The van der Waals surface area contributed by atoms with E-state index in [2.05, 4.69) is 15.7 Å². The molecule has 0 aliphatic carbocycles. The van der Waals surface area contributed by atoms with Crippen LogP contribution in [-0.4, -0.2) is 15.7 Å². The van der Waals surface area contributed by atoms with Crippen molar-refractivity contribution >= 4 is 28.9 Å². The molecule has 106 valence electrons. The summed E-state index contributed by atoms with van der Waals surface area (Å²) < 4.78 is 1.84. The third kappa shape index (κ3) is 3.30. The summed E-state index contributed by atoms with van der Waals surface area (Å²) in [6.45, 7) is 4.15. The Morgan fingerprint density at radius 1 is 1.45 bits per heavy atom. The number of halogens is 1. The van der Waals surface area contributed by atoms with E-state index in [1.54, 1.807) is 12.1 Å². The van der Waals surface area contributed by atoms with Crippen molar-refractivity contribution in [3.05, 3.63) is 40.7 Å². The summed E-state index contributed by atoms with van der Waals surface area (Å²) in [5.41, 5.74) is 3.77. The molecule has 0 unspecified atom stereocenters. The molecule has 0 saturated heterocycles. The van der Waals surface area contributed by atoms with Crippen molar-refractivity contribution in [3.8, 4) is 0 Å². The zero-order chi connectivity index (χ0) is 14.7. The highest BCUT2D eigenvalue weighted by Crippen LogP contribution is 2.25. The first-order valence-electron chi connectivity index (χ1n) is 6.26. The fraction of sp³-hybridized carbons (Fsp3) is 0.286. The van der Waals surface area contributed by atoms with Gasteiger partial charge in [0.05, 0.1) is 16.9 Å². The quantitative estimate of drug-likeness (QED) is 0.911. The zero-order valence-electron chi connectivity index (χ0n) is 11.7. The molecule has 20 heavy (non-hydrogen) atoms. The lowest BCUT2D eigenvalue weighted by Gasteiger charge is -2.09. The molecule has 2 rings (SSSR count). The third-order valence-electron chi connectivity index (χ3n) is 3.10. The lowest BCUT2D eigenvalue weighted by atomic mass is 10.2. The Balaban J connectivity index is 2.05. The zero-order valence-corrected chi connectivity index (χ0v) is 12.5. The van der Waals surface area contributed by atoms with Gasteiger partial charge in [-0.25, -0.2) is 0 Å². The second-order valence-electron chi connectivity index (χ2n) is 4.61. The van der Waals surface area contributed by atoms with Gasteiger partial charge in [0.2, 0.25) is 5.91 Å². The van der Waals surface area contributed by atoms with Crippen LogP contribution in [-0.2, 0) is 18.4 Å². The minimum absolute atomic E-state index is 0.140. The summed E-state index contributed by atoms with van der Waals surface area (Å²) in [4.78, 5) is 11.0. The predicted molar refractivity (Wildman–Crippen MR) is 81.0 cm³/mol. The van der Waals surface area contributed by atoms with E-state index in [1.165, 1.54) is 6.92 Å². The number of carbonyl (C=O) groups excluding carboxylic acids is 1. The minimum atomic E-state index is -0.140. The van der Waals surface area contributed by atoms with Gasteiger partial charge in [0.25, 0.3) is 0 Å². The maximum Gasteiger partial charge on any atom is 0.221 e. The van der Waals surface area contributed by atoms with Crippen molar-refractivity contribution in [3.63, 3.8) is 0 Å². The minimum Gasteiger partial charge on any atom is -0.381 e. The number of hydrogen-bond donors (Lipinski definition) is 2. The van der Waals surface area contributed by atoms with Gasteiger partial charge in [0, 0.05) is 37.5 Å². The molecule has 0 aliphatic heterocycles. The molecule has 0 atom stereocenters. The van der Waals surface area contributed by atoms with Crippen LogP contribution in [0.15, 0.2) is 24.4 Å². The number of aryl methyl sites for hydroxylation is 1. The maximum absolute atomic E-state index is 11.0. The van der Waals surface area contributed by atoms with Crippen molar-refractivity contribution in [2.24, 2.45) is 7.05 Å². The van der Waals surface area contributed by atoms with Gasteiger partial charge in [0.15, 0.2) is 0 Å². The molecule has 0 spiro atoms. The largest absolute Gasteiger partial charge is 0.381 e. The first kappa shape index (κ1) is 14.4. The van der Waals surface area contributed by atoms with E-state index in [1.807, 2.05) is 30.9 Å². The number of rotatable bonds is 4. The number of benzene rings is 1. The van der Waals surface area contributed by atoms with Crippen molar-refractivity contribution in [2.45, 2.75) is 20.4 Å². The highest BCUT2D eigenvalue weighted by Gasteiger charge is 2.06. The van der Waals surface area contributed by atoms with Crippen LogP contribution in [0.4, 0.5) is 11.4 Å². The third-order valence-corrected chi connectivity index (χ3v) is 3.41. The fourth-order valence-electron chi connectivity index (χ4n) is 1.83. The van der Waals surface area contributed by atoms with E-state index in [0.717, 1.165) is 16.9 Å². The van der Waals surface area contributed by atoms with Crippen molar-refractivity contribution < 1.29 is 4.79 Å². The lowest BCUT2D eigenvalue weighted by Crippen LogP contribution is -2.06. The molecule has 2 N–H and O–H groups in total. The molecule has 0 saturated carbocycles. The Hall–Kier alpha value is -2.01. The smallest absolute Gasteiger partial charge is 0.221 e. The Morgan fingerprint density at radius 2 is 2.20 bits per heavy atom. The molecule has 0 aliphatic rings. The Kier molecular flexibility index (Phi) is 4.29. The van der Waals surface area contributed by atoms with Crippen molar-refractivity contribution in [1.82, 2.24) is 9.78 Å². The average molecular weight is 293 g/mol. The number of amides is 1. The van der Waals surface area contributed by atoms with Crippen LogP contribution in [0.5, 0.6) is 0 Å². The summed E-state index contributed by atoms with van der Waals surface area (Å²) in [5, 5.41) is 10.7. The molecule has 1 aromatic heterocycles. The molecule has 5 nitrogen and oxygen atoms in total. The highest BCUT2D eigenvalue weighted by atomic mass is 35.5. The maximum atomic E-state index is 11.0. The summed E-state index contributed by atoms with van der Waals surface area (Å²) >= 11 is 6.12. The number of nitrogens with one attached hydrogen (secondary N) is 2. The lowest BCUT2D eigenvalue weighted by molar-refractivity contribution is -0.114. The van der Waals surface area contributed by atoms with E-state index < -0.39 is 0 Å². The number of hydrogen-bond acceptors (Lipinski definition) is 3.